The van der Waals surface area contributed by atoms with Gasteiger partial charge in [-0.25, -0.2) is 0 Å². The van der Waals surface area contributed by atoms with Gasteiger partial charge in [0.15, 0.2) is 0 Å². The first-order valence-corrected chi connectivity index (χ1v) is 9.09. The molecule has 1 heterocycles. The van der Waals surface area contributed by atoms with Crippen molar-refractivity contribution in [2.75, 3.05) is 5.32 Å². The number of rotatable bonds is 6. The Morgan fingerprint density at radius 1 is 1.07 bits per heavy atom. The molecule has 28 heavy (non-hydrogen) atoms. The number of pyridine rings is 1. The largest absolute Gasteiger partial charge is 0.326 e. The highest BCUT2D eigenvalue weighted by atomic mass is 35.5. The summed E-state index contributed by atoms with van der Waals surface area (Å²) < 4.78 is 0. The van der Waals surface area contributed by atoms with E-state index in [0.717, 1.165) is 5.56 Å². The fraction of sp³-hybridized carbons (Fsp3) is 0.300. The van der Waals surface area contributed by atoms with Crippen molar-refractivity contribution in [3.05, 3.63) is 58.9 Å². The van der Waals surface area contributed by atoms with Gasteiger partial charge in [0.1, 0.15) is 0 Å². The van der Waals surface area contributed by atoms with E-state index in [-0.39, 0.29) is 18.7 Å². The molecule has 8 heteroatoms. The predicted molar refractivity (Wildman–Crippen MR) is 108 cm³/mol. The van der Waals surface area contributed by atoms with Crippen LogP contribution >= 0.6 is 11.6 Å². The highest BCUT2D eigenvalue weighted by Gasteiger charge is 2.26. The first-order chi connectivity index (χ1) is 13.2. The van der Waals surface area contributed by atoms with Crippen LogP contribution in [-0.4, -0.2) is 22.7 Å². The second-order valence-electron chi connectivity index (χ2n) is 7.27. The van der Waals surface area contributed by atoms with Crippen LogP contribution < -0.4 is 16.2 Å². The molecule has 1 aromatic heterocycles. The van der Waals surface area contributed by atoms with Gasteiger partial charge in [-0.05, 0) is 42.2 Å². The molecule has 0 aliphatic rings. The van der Waals surface area contributed by atoms with Crippen LogP contribution in [0.1, 0.15) is 42.6 Å². The number of hydrogen-bond donors (Lipinski definition) is 3. The van der Waals surface area contributed by atoms with Crippen LogP contribution in [0.4, 0.5) is 5.69 Å². The molecule has 3 amide bonds. The van der Waals surface area contributed by atoms with E-state index in [2.05, 4.69) is 21.2 Å². The maximum absolute atomic E-state index is 12.3. The maximum Gasteiger partial charge on any atom is 0.271 e. The number of anilines is 1. The van der Waals surface area contributed by atoms with Crippen molar-refractivity contribution in [2.24, 2.45) is 5.41 Å². The summed E-state index contributed by atoms with van der Waals surface area (Å²) >= 11 is 6.06. The predicted octanol–water partition coefficient (Wildman–Crippen LogP) is 3.25. The van der Waals surface area contributed by atoms with Gasteiger partial charge in [0.2, 0.25) is 11.8 Å². The molecule has 0 spiro atoms. The molecule has 0 unspecified atom stereocenters. The van der Waals surface area contributed by atoms with Crippen molar-refractivity contribution < 1.29 is 14.4 Å². The van der Waals surface area contributed by atoms with Crippen LogP contribution in [0.2, 0.25) is 5.02 Å². The molecule has 0 aliphatic carbocycles. The molecule has 7 nitrogen and oxygen atoms in total. The van der Waals surface area contributed by atoms with Gasteiger partial charge >= 0.3 is 0 Å². The van der Waals surface area contributed by atoms with Gasteiger partial charge in [-0.2, -0.15) is 0 Å². The van der Waals surface area contributed by atoms with Crippen LogP contribution in [-0.2, 0) is 9.59 Å². The van der Waals surface area contributed by atoms with Crippen molar-refractivity contribution in [1.29, 1.82) is 0 Å². The molecule has 0 atom stereocenters. The minimum absolute atomic E-state index is 0.0579. The topological polar surface area (TPSA) is 100 Å². The lowest BCUT2D eigenvalue weighted by atomic mass is 9.85. The van der Waals surface area contributed by atoms with E-state index >= 15 is 0 Å². The molecule has 2 aromatic rings. The molecule has 1 aromatic carbocycles. The third-order valence-corrected chi connectivity index (χ3v) is 4.38. The van der Waals surface area contributed by atoms with E-state index < -0.39 is 17.2 Å². The molecule has 0 aliphatic heterocycles. The number of hydrazine groups is 1. The molecule has 0 saturated carbocycles. The number of aromatic nitrogens is 1. The average molecular weight is 403 g/mol. The van der Waals surface area contributed by atoms with Crippen LogP contribution in [0.3, 0.4) is 0 Å². The highest BCUT2D eigenvalue weighted by Crippen LogP contribution is 2.26. The minimum Gasteiger partial charge on any atom is -0.326 e. The first kappa shape index (κ1) is 21.4. The number of amides is 3. The van der Waals surface area contributed by atoms with Gasteiger partial charge in [-0.3, -0.25) is 30.2 Å². The third-order valence-electron chi connectivity index (χ3n) is 3.97. The summed E-state index contributed by atoms with van der Waals surface area (Å²) in [6, 6.07) is 8.48. The zero-order valence-electron chi connectivity index (χ0n) is 16.0. The number of nitrogens with zero attached hydrogens (tertiary/aromatic N) is 1. The number of carbonyl (C=O) groups is 3. The fourth-order valence-corrected chi connectivity index (χ4v) is 2.73. The van der Waals surface area contributed by atoms with E-state index in [1.165, 1.54) is 6.20 Å². The summed E-state index contributed by atoms with van der Waals surface area (Å²) in [4.78, 5) is 40.2. The number of aryl methyl sites for hydroxylation is 1. The first-order valence-electron chi connectivity index (χ1n) is 8.71. The van der Waals surface area contributed by atoms with Crippen LogP contribution in [0, 0.1) is 12.3 Å². The second kappa shape index (κ2) is 9.32. The van der Waals surface area contributed by atoms with E-state index in [0.29, 0.717) is 16.3 Å². The van der Waals surface area contributed by atoms with E-state index in [4.69, 9.17) is 11.6 Å². The van der Waals surface area contributed by atoms with Crippen LogP contribution in [0.25, 0.3) is 0 Å². The van der Waals surface area contributed by atoms with Gasteiger partial charge < -0.3 is 5.32 Å². The Morgan fingerprint density at radius 3 is 2.43 bits per heavy atom. The number of hydrogen-bond acceptors (Lipinski definition) is 4. The summed E-state index contributed by atoms with van der Waals surface area (Å²) in [6.07, 6.45) is 3.13. The summed E-state index contributed by atoms with van der Waals surface area (Å²) in [7, 11) is 0. The highest BCUT2D eigenvalue weighted by molar-refractivity contribution is 6.31. The van der Waals surface area contributed by atoms with Gasteiger partial charge in [0.05, 0.1) is 5.56 Å². The molecule has 148 valence electrons. The number of halogens is 1. The molecular formula is C20H23ClN4O3. The monoisotopic (exact) mass is 402 g/mol. The Bertz CT molecular complexity index is 869. The number of carbonyl (C=O) groups excluding carboxylic acids is 3. The molecule has 0 bridgehead atoms. The summed E-state index contributed by atoms with van der Waals surface area (Å²) in [5, 5.41) is 3.35. The Kier molecular flexibility index (Phi) is 7.12. The zero-order chi connectivity index (χ0) is 20.7. The molecule has 0 radical (unpaired) electrons. The van der Waals surface area contributed by atoms with Crippen LogP contribution in [0.5, 0.6) is 0 Å². The van der Waals surface area contributed by atoms with E-state index in [1.54, 1.807) is 44.3 Å². The molecule has 0 saturated heterocycles. The van der Waals surface area contributed by atoms with Gasteiger partial charge in [0, 0.05) is 35.9 Å². The molecule has 2 rings (SSSR count). The van der Waals surface area contributed by atoms with Crippen molar-refractivity contribution >= 4 is 35.0 Å². The lowest BCUT2D eigenvalue weighted by molar-refractivity contribution is -0.124. The smallest absolute Gasteiger partial charge is 0.271 e. The SMILES string of the molecule is Cc1ccc(NC(=O)CC(C)(C)CC(=O)NNC(=O)c2cccnc2)cc1Cl. The van der Waals surface area contributed by atoms with Crippen LogP contribution in [0.15, 0.2) is 42.7 Å². The average Bonchev–Trinajstić information content (AvgIpc) is 2.62. The standard InChI is InChI=1S/C20H23ClN4O3/c1-13-6-7-15(9-16(13)21)23-17(26)10-20(2,3)11-18(27)24-25-19(28)14-5-4-8-22-12-14/h4-9,12H,10-11H2,1-3H3,(H,23,26)(H,24,27)(H,25,28). The van der Waals surface area contributed by atoms with E-state index in [1.807, 2.05) is 13.0 Å². The van der Waals surface area contributed by atoms with Crippen molar-refractivity contribution in [1.82, 2.24) is 15.8 Å². The normalized spacial score (nSPS) is 10.9. The van der Waals surface area contributed by atoms with Gasteiger partial charge in [-0.15, -0.1) is 0 Å². The molecule has 3 N–H and O–H groups in total. The van der Waals surface area contributed by atoms with Crippen molar-refractivity contribution in [3.8, 4) is 0 Å². The Balaban J connectivity index is 1.82. The Hall–Kier alpha value is -2.93. The number of nitrogens with one attached hydrogen (secondary N) is 3. The second-order valence-corrected chi connectivity index (χ2v) is 7.68. The lowest BCUT2D eigenvalue weighted by Gasteiger charge is -2.23. The maximum atomic E-state index is 12.3. The van der Waals surface area contributed by atoms with Gasteiger partial charge in [-0.1, -0.05) is 31.5 Å². The fourth-order valence-electron chi connectivity index (χ4n) is 2.55. The Labute approximate surface area is 168 Å². The van der Waals surface area contributed by atoms with Crippen molar-refractivity contribution in [2.45, 2.75) is 33.6 Å². The lowest BCUT2D eigenvalue weighted by Crippen LogP contribution is -2.43. The van der Waals surface area contributed by atoms with Gasteiger partial charge in [0.25, 0.3) is 5.91 Å². The molecule has 0 fully saturated rings. The molecular weight excluding hydrogens is 380 g/mol. The van der Waals surface area contributed by atoms with E-state index in [9.17, 15) is 14.4 Å². The summed E-state index contributed by atoms with van der Waals surface area (Å²) in [6.45, 7) is 5.48. The van der Waals surface area contributed by atoms with Crippen molar-refractivity contribution in [3.63, 3.8) is 0 Å². The quantitative estimate of drug-likeness (QED) is 0.645. The zero-order valence-corrected chi connectivity index (χ0v) is 16.8. The number of benzene rings is 1. The minimum atomic E-state index is -0.609. The summed E-state index contributed by atoms with van der Waals surface area (Å²) in [5.74, 6) is -1.08. The third kappa shape index (κ3) is 6.66. The summed E-state index contributed by atoms with van der Waals surface area (Å²) in [5.41, 5.74) is 5.94. The Morgan fingerprint density at radius 2 is 1.79 bits per heavy atom.